The second kappa shape index (κ2) is 12.3. The third-order valence-corrected chi connectivity index (χ3v) is 12.9. The average Bonchev–Trinajstić information content (AvgIpc) is 3.64. The Balaban J connectivity index is 1.07. The highest BCUT2D eigenvalue weighted by atomic mass is 16.3. The lowest BCUT2D eigenvalue weighted by Gasteiger charge is -2.48. The van der Waals surface area contributed by atoms with Crippen LogP contribution in [0.4, 0.5) is 0 Å². The molecule has 0 bridgehead atoms. The number of para-hydroxylation sites is 1. The quantitative estimate of drug-likeness (QED) is 0.169. The fraction of sp³-hybridized carbons (Fsp3) is 0.113. The Bertz CT molecular complexity index is 3230. The minimum Gasteiger partial charge on any atom is -0.456 e. The molecule has 1 aliphatic carbocycles. The Labute approximate surface area is 331 Å². The van der Waals surface area contributed by atoms with Gasteiger partial charge in [-0.15, -0.1) is 0 Å². The summed E-state index contributed by atoms with van der Waals surface area (Å²) in [5, 5.41) is 6.75. The van der Waals surface area contributed by atoms with E-state index in [1.165, 1.54) is 38.6 Å². The molecule has 0 saturated heterocycles. The monoisotopic (exact) mass is 733 g/mol. The van der Waals surface area contributed by atoms with Crippen molar-refractivity contribution in [2.75, 3.05) is 0 Å². The predicted molar refractivity (Wildman–Crippen MR) is 235 cm³/mol. The number of hydrogen-bond acceptors (Lipinski definition) is 4. The number of fused-ring (bicyclic) bond motifs is 10. The number of hydrogen-bond donors (Lipinski definition) is 0. The fourth-order valence-corrected chi connectivity index (χ4v) is 9.15. The molecule has 0 amide bonds. The lowest BCUT2D eigenvalue weighted by atomic mass is 9.55. The van der Waals surface area contributed by atoms with E-state index in [1.807, 2.05) is 30.3 Å². The van der Waals surface area contributed by atoms with Gasteiger partial charge in [-0.3, -0.25) is 0 Å². The number of nitrogens with zero attached hydrogens (tertiary/aromatic N) is 3. The summed E-state index contributed by atoms with van der Waals surface area (Å²) in [5.74, 6) is 1.84. The van der Waals surface area contributed by atoms with E-state index in [-0.39, 0.29) is 10.8 Å². The average molecular weight is 734 g/mol. The van der Waals surface area contributed by atoms with Gasteiger partial charge >= 0.3 is 0 Å². The van der Waals surface area contributed by atoms with Crippen LogP contribution < -0.4 is 0 Å². The van der Waals surface area contributed by atoms with E-state index in [4.69, 9.17) is 19.4 Å². The molecule has 272 valence electrons. The molecule has 0 aliphatic heterocycles. The van der Waals surface area contributed by atoms with Gasteiger partial charge in [0.15, 0.2) is 17.5 Å². The molecule has 11 rings (SSSR count). The molecule has 0 unspecified atom stereocenters. The van der Waals surface area contributed by atoms with Crippen LogP contribution in [0.15, 0.2) is 168 Å². The van der Waals surface area contributed by atoms with Crippen molar-refractivity contribution in [2.24, 2.45) is 0 Å². The van der Waals surface area contributed by atoms with Crippen molar-refractivity contribution in [2.45, 2.75) is 38.5 Å². The molecule has 4 nitrogen and oxygen atoms in total. The van der Waals surface area contributed by atoms with Crippen LogP contribution in [0.3, 0.4) is 0 Å². The number of furan rings is 1. The lowest BCUT2D eigenvalue weighted by Crippen LogP contribution is -2.43. The number of benzene rings is 8. The molecule has 1 aliphatic rings. The first kappa shape index (κ1) is 33.4. The Kier molecular flexibility index (Phi) is 7.21. The van der Waals surface area contributed by atoms with Gasteiger partial charge in [0, 0.05) is 32.8 Å². The Hall–Kier alpha value is -6.91. The van der Waals surface area contributed by atoms with Crippen molar-refractivity contribution < 1.29 is 4.42 Å². The van der Waals surface area contributed by atoms with E-state index in [0.29, 0.717) is 17.5 Å². The zero-order chi connectivity index (χ0) is 38.5. The fourth-order valence-electron chi connectivity index (χ4n) is 9.15. The van der Waals surface area contributed by atoms with Gasteiger partial charge in [-0.05, 0) is 78.6 Å². The van der Waals surface area contributed by atoms with Crippen LogP contribution in [0, 0.1) is 0 Å². The Morgan fingerprint density at radius 3 is 1.77 bits per heavy atom. The van der Waals surface area contributed by atoms with E-state index >= 15 is 0 Å². The maximum Gasteiger partial charge on any atom is 0.164 e. The zero-order valence-electron chi connectivity index (χ0n) is 32.3. The van der Waals surface area contributed by atoms with Gasteiger partial charge in [0.2, 0.25) is 0 Å². The highest BCUT2D eigenvalue weighted by molar-refractivity contribution is 6.29. The highest BCUT2D eigenvalue weighted by Gasteiger charge is 2.45. The van der Waals surface area contributed by atoms with Crippen molar-refractivity contribution >= 4 is 43.5 Å². The van der Waals surface area contributed by atoms with Crippen LogP contribution in [0.5, 0.6) is 0 Å². The van der Waals surface area contributed by atoms with E-state index in [0.717, 1.165) is 55.0 Å². The lowest BCUT2D eigenvalue weighted by molar-refractivity contribution is 0.299. The Morgan fingerprint density at radius 1 is 0.368 bits per heavy atom. The van der Waals surface area contributed by atoms with E-state index < -0.39 is 0 Å². The van der Waals surface area contributed by atoms with Crippen LogP contribution in [-0.2, 0) is 10.8 Å². The normalized spacial score (nSPS) is 14.2. The van der Waals surface area contributed by atoms with Crippen molar-refractivity contribution in [1.29, 1.82) is 0 Å². The van der Waals surface area contributed by atoms with Gasteiger partial charge in [-0.2, -0.15) is 0 Å². The van der Waals surface area contributed by atoms with E-state index in [9.17, 15) is 0 Å². The van der Waals surface area contributed by atoms with E-state index in [1.54, 1.807) is 0 Å². The summed E-state index contributed by atoms with van der Waals surface area (Å²) in [4.78, 5) is 15.5. The molecular weight excluding hydrogens is 695 g/mol. The predicted octanol–water partition coefficient (Wildman–Crippen LogP) is 14.0. The molecule has 10 aromatic rings. The molecule has 57 heavy (non-hydrogen) atoms. The minimum atomic E-state index is -0.0659. The number of aromatic nitrogens is 3. The molecule has 2 aromatic heterocycles. The smallest absolute Gasteiger partial charge is 0.164 e. The molecule has 8 aromatic carbocycles. The third kappa shape index (κ3) is 5.03. The molecule has 2 heterocycles. The standard InChI is InChI=1S/C53H39N3O/c1-52(2)43-20-12-10-18-38(43)39-28-27-36(30-44(39)53(52,3)4)32-22-24-35(25-23-32)50-54-49(34-15-6-5-7-16-34)55-51(56-50)42-31-46-48(41-19-11-13-21-45(41)57-46)47-37-17-9-8-14-33(37)26-29-40(42)47/h5-31H,1-4H3. The molecule has 0 spiro atoms. The molecule has 0 atom stereocenters. The summed E-state index contributed by atoms with van der Waals surface area (Å²) in [6, 6.07) is 58.0. The first-order valence-corrected chi connectivity index (χ1v) is 19.7. The van der Waals surface area contributed by atoms with Crippen LogP contribution in [0.1, 0.15) is 38.8 Å². The van der Waals surface area contributed by atoms with Crippen LogP contribution >= 0.6 is 0 Å². The second-order valence-corrected chi connectivity index (χ2v) is 16.4. The molecule has 0 saturated carbocycles. The topological polar surface area (TPSA) is 51.8 Å². The van der Waals surface area contributed by atoms with Crippen molar-refractivity contribution in [3.63, 3.8) is 0 Å². The third-order valence-electron chi connectivity index (χ3n) is 12.9. The summed E-state index contributed by atoms with van der Waals surface area (Å²) in [7, 11) is 0. The van der Waals surface area contributed by atoms with Crippen molar-refractivity contribution in [3.05, 3.63) is 175 Å². The first-order valence-electron chi connectivity index (χ1n) is 19.7. The van der Waals surface area contributed by atoms with Gasteiger partial charge in [0.1, 0.15) is 11.2 Å². The maximum absolute atomic E-state index is 6.56. The molecule has 0 fully saturated rings. The summed E-state index contributed by atoms with van der Waals surface area (Å²) in [6.45, 7) is 9.52. The first-order chi connectivity index (χ1) is 27.8. The maximum atomic E-state index is 6.56. The highest BCUT2D eigenvalue weighted by Crippen LogP contribution is 2.54. The zero-order valence-corrected chi connectivity index (χ0v) is 32.3. The van der Waals surface area contributed by atoms with Crippen molar-refractivity contribution in [1.82, 2.24) is 15.0 Å². The summed E-state index contributed by atoms with van der Waals surface area (Å²) < 4.78 is 6.56. The minimum absolute atomic E-state index is 0.0285. The van der Waals surface area contributed by atoms with Gasteiger partial charge in [-0.25, -0.2) is 15.0 Å². The largest absolute Gasteiger partial charge is 0.456 e. The molecule has 4 heteroatoms. The van der Waals surface area contributed by atoms with Crippen LogP contribution in [0.2, 0.25) is 0 Å². The molecule has 0 radical (unpaired) electrons. The van der Waals surface area contributed by atoms with Gasteiger partial charge in [0.05, 0.1) is 0 Å². The number of rotatable bonds is 4. The van der Waals surface area contributed by atoms with Crippen LogP contribution in [-0.4, -0.2) is 15.0 Å². The molecule has 0 N–H and O–H groups in total. The van der Waals surface area contributed by atoms with E-state index in [2.05, 4.69) is 161 Å². The molecular formula is C53H39N3O. The van der Waals surface area contributed by atoms with Crippen molar-refractivity contribution in [3.8, 4) is 56.4 Å². The summed E-state index contributed by atoms with van der Waals surface area (Å²) >= 11 is 0. The van der Waals surface area contributed by atoms with Crippen LogP contribution in [0.25, 0.3) is 99.9 Å². The van der Waals surface area contributed by atoms with Gasteiger partial charge < -0.3 is 4.42 Å². The summed E-state index contributed by atoms with van der Waals surface area (Å²) in [5.41, 5.74) is 12.1. The SMILES string of the molecule is CC1(C)c2ccccc2-c2ccc(-c3ccc(-c4nc(-c5ccccc5)nc(-c5cc6oc7ccccc7c6c6c5ccc5ccccc56)n4)cc3)cc2C1(C)C. The van der Waals surface area contributed by atoms with Gasteiger partial charge in [-0.1, -0.05) is 173 Å². The van der Waals surface area contributed by atoms with Gasteiger partial charge in [0.25, 0.3) is 0 Å². The second-order valence-electron chi connectivity index (χ2n) is 16.4. The Morgan fingerprint density at radius 2 is 0.965 bits per heavy atom. The summed E-state index contributed by atoms with van der Waals surface area (Å²) in [6.07, 6.45) is 0.